The van der Waals surface area contributed by atoms with E-state index in [2.05, 4.69) is 0 Å². The molecule has 0 aromatic heterocycles. The molecule has 2 fully saturated rings. The van der Waals surface area contributed by atoms with E-state index < -0.39 is 23.9 Å². The van der Waals surface area contributed by atoms with Gasteiger partial charge in [0.1, 0.15) is 18.0 Å². The van der Waals surface area contributed by atoms with E-state index >= 15 is 0 Å². The molecular weight excluding hydrogens is 404 g/mol. The van der Waals surface area contributed by atoms with Crippen LogP contribution in [0, 0.1) is 5.92 Å². The zero-order valence-electron chi connectivity index (χ0n) is 17.1. The Hall–Kier alpha value is -1.63. The second-order valence-corrected chi connectivity index (χ2v) is 8.71. The number of rotatable bonds is 7. The van der Waals surface area contributed by atoms with E-state index in [0.717, 1.165) is 35.3 Å². The highest BCUT2D eigenvalue weighted by molar-refractivity contribution is 6.31. The zero-order chi connectivity index (χ0) is 21.3. The molecule has 2 aliphatic rings. The molecule has 1 aliphatic heterocycles. The van der Waals surface area contributed by atoms with Gasteiger partial charge in [-0.1, -0.05) is 35.9 Å². The van der Waals surface area contributed by atoms with E-state index in [0.29, 0.717) is 24.5 Å². The topological polar surface area (TPSA) is 79.2 Å². The van der Waals surface area contributed by atoms with E-state index in [4.69, 9.17) is 21.1 Å². The van der Waals surface area contributed by atoms with Crippen molar-refractivity contribution in [3.63, 3.8) is 0 Å². The zero-order valence-corrected chi connectivity index (χ0v) is 17.9. The fraction of sp³-hybridized carbons (Fsp3) is 0.500. The van der Waals surface area contributed by atoms with Gasteiger partial charge in [-0.3, -0.25) is 0 Å². The first kappa shape index (κ1) is 21.6. The van der Waals surface area contributed by atoms with Crippen LogP contribution in [-0.4, -0.2) is 46.3 Å². The molecule has 1 heterocycles. The minimum absolute atomic E-state index is 0.00432. The molecule has 30 heavy (non-hydrogen) atoms. The molecule has 0 amide bonds. The standard InChI is InChI=1S/C24H29ClO5/c1-2-29-18-6-3-15(4-7-18)13-17-14-16(5-8-20(17)25)23-22(28)21(27)19-9-10-24(19,30-23)11-12-26/h3-8,14,19,21-23,26-28H,2,9-13H2,1H3/t19-,21+,22-,23+,24+/m1/s1. The smallest absolute Gasteiger partial charge is 0.119 e. The van der Waals surface area contributed by atoms with Gasteiger partial charge in [-0.2, -0.15) is 0 Å². The van der Waals surface area contributed by atoms with Crippen LogP contribution in [0.15, 0.2) is 42.5 Å². The highest BCUT2D eigenvalue weighted by atomic mass is 35.5. The summed E-state index contributed by atoms with van der Waals surface area (Å²) < 4.78 is 11.8. The predicted octanol–water partition coefficient (Wildman–Crippen LogP) is 3.65. The molecule has 6 heteroatoms. The monoisotopic (exact) mass is 432 g/mol. The first-order chi connectivity index (χ1) is 14.5. The quantitative estimate of drug-likeness (QED) is 0.622. The number of aliphatic hydroxyl groups excluding tert-OH is 3. The maximum absolute atomic E-state index is 10.7. The third-order valence-corrected chi connectivity index (χ3v) is 6.92. The summed E-state index contributed by atoms with van der Waals surface area (Å²) in [5.74, 6) is 0.699. The van der Waals surface area contributed by atoms with Crippen LogP contribution in [0.25, 0.3) is 0 Å². The molecule has 0 radical (unpaired) electrons. The third kappa shape index (κ3) is 3.97. The van der Waals surface area contributed by atoms with Crippen LogP contribution in [-0.2, 0) is 11.2 Å². The number of halogens is 1. The van der Waals surface area contributed by atoms with Crippen LogP contribution in [0.2, 0.25) is 5.02 Å². The fourth-order valence-corrected chi connectivity index (χ4v) is 5.01. The van der Waals surface area contributed by atoms with Crippen molar-refractivity contribution in [2.45, 2.75) is 56.5 Å². The van der Waals surface area contributed by atoms with Crippen LogP contribution < -0.4 is 4.74 Å². The van der Waals surface area contributed by atoms with Gasteiger partial charge in [0, 0.05) is 17.5 Å². The van der Waals surface area contributed by atoms with Crippen LogP contribution in [0.3, 0.4) is 0 Å². The lowest BCUT2D eigenvalue weighted by atomic mass is 9.61. The lowest BCUT2D eigenvalue weighted by molar-refractivity contribution is -0.292. The van der Waals surface area contributed by atoms with Gasteiger partial charge >= 0.3 is 0 Å². The summed E-state index contributed by atoms with van der Waals surface area (Å²) in [4.78, 5) is 0. The minimum Gasteiger partial charge on any atom is -0.494 e. The molecule has 5 atom stereocenters. The number of fused-ring (bicyclic) bond motifs is 1. The molecule has 3 N–H and O–H groups in total. The Morgan fingerprint density at radius 1 is 1.13 bits per heavy atom. The Morgan fingerprint density at radius 2 is 1.90 bits per heavy atom. The number of ether oxygens (including phenoxy) is 2. The molecule has 4 rings (SSSR count). The Morgan fingerprint density at radius 3 is 2.53 bits per heavy atom. The van der Waals surface area contributed by atoms with E-state index in [9.17, 15) is 15.3 Å². The van der Waals surface area contributed by atoms with E-state index in [1.165, 1.54) is 0 Å². The molecule has 1 saturated heterocycles. The summed E-state index contributed by atoms with van der Waals surface area (Å²) in [6.45, 7) is 2.57. The van der Waals surface area contributed by atoms with Crippen LogP contribution in [0.5, 0.6) is 5.75 Å². The van der Waals surface area contributed by atoms with Gasteiger partial charge in [0.15, 0.2) is 0 Å². The summed E-state index contributed by atoms with van der Waals surface area (Å²) in [6, 6.07) is 13.5. The molecule has 1 aliphatic carbocycles. The van der Waals surface area contributed by atoms with Crippen LogP contribution in [0.4, 0.5) is 0 Å². The van der Waals surface area contributed by atoms with Crippen molar-refractivity contribution in [3.8, 4) is 5.75 Å². The van der Waals surface area contributed by atoms with Gasteiger partial charge in [0.25, 0.3) is 0 Å². The second kappa shape index (κ2) is 8.85. The van der Waals surface area contributed by atoms with Crippen LogP contribution >= 0.6 is 11.6 Å². The molecule has 0 unspecified atom stereocenters. The van der Waals surface area contributed by atoms with Crippen molar-refractivity contribution in [2.75, 3.05) is 13.2 Å². The SMILES string of the molecule is CCOc1ccc(Cc2cc([C@@H]3O[C@]4(CCO)CC[C@@H]4[C@H](O)[C@H]3O)ccc2Cl)cc1. The van der Waals surface area contributed by atoms with Crippen molar-refractivity contribution < 1.29 is 24.8 Å². The van der Waals surface area contributed by atoms with Gasteiger partial charge < -0.3 is 24.8 Å². The summed E-state index contributed by atoms with van der Waals surface area (Å²) in [5.41, 5.74) is 2.25. The van der Waals surface area contributed by atoms with Gasteiger partial charge in [0.2, 0.25) is 0 Å². The molecule has 1 saturated carbocycles. The van der Waals surface area contributed by atoms with Crippen molar-refractivity contribution in [1.29, 1.82) is 0 Å². The molecule has 5 nitrogen and oxygen atoms in total. The molecule has 162 valence electrons. The maximum atomic E-state index is 10.7. The van der Waals surface area contributed by atoms with Gasteiger partial charge in [0.05, 0.1) is 18.3 Å². The van der Waals surface area contributed by atoms with Crippen molar-refractivity contribution in [3.05, 3.63) is 64.2 Å². The van der Waals surface area contributed by atoms with Crippen LogP contribution in [0.1, 0.15) is 49.0 Å². The van der Waals surface area contributed by atoms with Gasteiger partial charge in [-0.05, 0) is 67.5 Å². The largest absolute Gasteiger partial charge is 0.494 e. The molecule has 2 aromatic rings. The van der Waals surface area contributed by atoms with Gasteiger partial charge in [-0.15, -0.1) is 0 Å². The number of hydrogen-bond acceptors (Lipinski definition) is 5. The van der Waals surface area contributed by atoms with E-state index in [1.807, 2.05) is 49.4 Å². The highest BCUT2D eigenvalue weighted by Crippen LogP contribution is 2.54. The van der Waals surface area contributed by atoms with Gasteiger partial charge in [-0.25, -0.2) is 0 Å². The minimum atomic E-state index is -1.01. The first-order valence-corrected chi connectivity index (χ1v) is 11.0. The maximum Gasteiger partial charge on any atom is 0.119 e. The summed E-state index contributed by atoms with van der Waals surface area (Å²) >= 11 is 6.46. The average molecular weight is 433 g/mol. The fourth-order valence-electron chi connectivity index (χ4n) is 4.82. The number of hydrogen-bond donors (Lipinski definition) is 3. The Balaban J connectivity index is 1.57. The van der Waals surface area contributed by atoms with E-state index in [1.54, 1.807) is 0 Å². The molecular formula is C24H29ClO5. The summed E-state index contributed by atoms with van der Waals surface area (Å²) in [7, 11) is 0. The lowest BCUT2D eigenvalue weighted by Gasteiger charge is -2.58. The number of benzene rings is 2. The molecule has 2 aromatic carbocycles. The number of aliphatic hydroxyl groups is 3. The Bertz CT molecular complexity index is 870. The summed E-state index contributed by atoms with van der Waals surface area (Å²) in [5, 5.41) is 31.5. The molecule has 0 spiro atoms. The average Bonchev–Trinajstić information content (AvgIpc) is 2.72. The molecule has 0 bridgehead atoms. The van der Waals surface area contributed by atoms with Crippen molar-refractivity contribution in [2.24, 2.45) is 5.92 Å². The first-order valence-electron chi connectivity index (χ1n) is 10.6. The third-order valence-electron chi connectivity index (χ3n) is 6.55. The lowest BCUT2D eigenvalue weighted by Crippen LogP contribution is -2.63. The summed E-state index contributed by atoms with van der Waals surface area (Å²) in [6.07, 6.45) is 0.148. The van der Waals surface area contributed by atoms with Crippen molar-refractivity contribution >= 4 is 11.6 Å². The Kier molecular flexibility index (Phi) is 6.37. The van der Waals surface area contributed by atoms with Crippen molar-refractivity contribution in [1.82, 2.24) is 0 Å². The van der Waals surface area contributed by atoms with E-state index in [-0.39, 0.29) is 12.5 Å². The second-order valence-electron chi connectivity index (χ2n) is 8.31. The Labute approximate surface area is 182 Å². The predicted molar refractivity (Wildman–Crippen MR) is 115 cm³/mol. The highest BCUT2D eigenvalue weighted by Gasteiger charge is 2.58. The normalized spacial score (nSPS) is 30.4.